The van der Waals surface area contributed by atoms with Crippen molar-refractivity contribution in [2.24, 2.45) is 0 Å². The number of piperidine rings is 1. The molecule has 2 saturated heterocycles. The number of halogens is 1. The summed E-state index contributed by atoms with van der Waals surface area (Å²) in [5.74, 6) is -0.568. The summed E-state index contributed by atoms with van der Waals surface area (Å²) in [4.78, 5) is 13.3. The van der Waals surface area contributed by atoms with Crippen LogP contribution in [0.5, 0.6) is 0 Å². The molecule has 2 bridgehead atoms. The van der Waals surface area contributed by atoms with Gasteiger partial charge in [0.05, 0.1) is 25.7 Å². The summed E-state index contributed by atoms with van der Waals surface area (Å²) >= 11 is 0. The summed E-state index contributed by atoms with van der Waals surface area (Å²) in [6, 6.07) is 19.3. The summed E-state index contributed by atoms with van der Waals surface area (Å²) in [7, 11) is 2.34. The first kappa shape index (κ1) is 22.0. The fourth-order valence-electron chi connectivity index (χ4n) is 5.30. The van der Waals surface area contributed by atoms with Gasteiger partial charge in [-0.05, 0) is 18.1 Å². The molecule has 5 heteroatoms. The average Bonchev–Trinajstić information content (AvgIpc) is 2.91. The number of carbonyl (C=O) groups is 1. The highest BCUT2D eigenvalue weighted by Crippen LogP contribution is 2.42. The fourth-order valence-corrected chi connectivity index (χ4v) is 5.30. The number of quaternary nitrogens is 1. The third-order valence-corrected chi connectivity index (χ3v) is 7.21. The van der Waals surface area contributed by atoms with Gasteiger partial charge in [0.15, 0.2) is 0 Å². The van der Waals surface area contributed by atoms with E-state index in [4.69, 9.17) is 4.74 Å². The van der Waals surface area contributed by atoms with Crippen LogP contribution in [0.3, 0.4) is 0 Å². The van der Waals surface area contributed by atoms with Crippen LogP contribution >= 0.6 is 0 Å². The summed E-state index contributed by atoms with van der Waals surface area (Å²) in [5.41, 5.74) is -0.708. The largest absolute Gasteiger partial charge is 1.00 e. The van der Waals surface area contributed by atoms with Crippen LogP contribution in [0.25, 0.3) is 0 Å². The van der Waals surface area contributed by atoms with E-state index in [1.807, 2.05) is 36.4 Å². The SMILES string of the molecule is CC[N+]1(C)C2CCC1CC(OC(=O)C(O)(c1ccccc1)c1ccccc1)C2.[Br-]. The van der Waals surface area contributed by atoms with Crippen LogP contribution in [-0.4, -0.2) is 47.3 Å². The number of rotatable bonds is 5. The molecule has 0 aliphatic carbocycles. The molecule has 0 saturated carbocycles. The molecule has 2 fully saturated rings. The van der Waals surface area contributed by atoms with Crippen molar-refractivity contribution in [3.63, 3.8) is 0 Å². The number of nitrogens with zero attached hydrogens (tertiary/aromatic N) is 1. The van der Waals surface area contributed by atoms with Crippen LogP contribution in [-0.2, 0) is 15.1 Å². The lowest BCUT2D eigenvalue weighted by Gasteiger charge is -2.46. The third kappa shape index (κ3) is 3.76. The zero-order valence-corrected chi connectivity index (χ0v) is 18.7. The zero-order valence-electron chi connectivity index (χ0n) is 17.1. The average molecular weight is 460 g/mol. The van der Waals surface area contributed by atoms with Crippen molar-refractivity contribution in [3.05, 3.63) is 71.8 Å². The van der Waals surface area contributed by atoms with Crippen molar-refractivity contribution in [1.29, 1.82) is 0 Å². The van der Waals surface area contributed by atoms with E-state index >= 15 is 0 Å². The molecule has 4 nitrogen and oxygen atoms in total. The molecular weight excluding hydrogens is 430 g/mol. The molecule has 156 valence electrons. The molecule has 2 aromatic rings. The highest BCUT2D eigenvalue weighted by molar-refractivity contribution is 5.85. The van der Waals surface area contributed by atoms with Gasteiger partial charge in [-0.25, -0.2) is 4.79 Å². The van der Waals surface area contributed by atoms with Crippen LogP contribution in [0.15, 0.2) is 60.7 Å². The molecule has 2 aliphatic heterocycles. The van der Waals surface area contributed by atoms with Crippen LogP contribution in [0.1, 0.15) is 43.7 Å². The van der Waals surface area contributed by atoms with E-state index in [0.29, 0.717) is 23.2 Å². The Morgan fingerprint density at radius 2 is 1.45 bits per heavy atom. The summed E-state index contributed by atoms with van der Waals surface area (Å²) in [6.07, 6.45) is 4.04. The normalized spacial score (nSPS) is 28.4. The van der Waals surface area contributed by atoms with Crippen molar-refractivity contribution >= 4 is 5.97 Å². The van der Waals surface area contributed by atoms with Gasteiger partial charge in [0.1, 0.15) is 6.10 Å². The minimum atomic E-state index is -1.79. The van der Waals surface area contributed by atoms with E-state index < -0.39 is 11.6 Å². The van der Waals surface area contributed by atoms with Gasteiger partial charge in [0.25, 0.3) is 0 Å². The molecule has 2 atom stereocenters. The van der Waals surface area contributed by atoms with Crippen LogP contribution in [0.2, 0.25) is 0 Å². The van der Waals surface area contributed by atoms with Gasteiger partial charge in [0.2, 0.25) is 5.60 Å². The van der Waals surface area contributed by atoms with E-state index in [9.17, 15) is 9.90 Å². The maximum Gasteiger partial charge on any atom is 0.347 e. The van der Waals surface area contributed by atoms with Crippen LogP contribution < -0.4 is 17.0 Å². The highest BCUT2D eigenvalue weighted by Gasteiger charge is 2.52. The maximum absolute atomic E-state index is 13.3. The summed E-state index contributed by atoms with van der Waals surface area (Å²) < 4.78 is 7.08. The van der Waals surface area contributed by atoms with Gasteiger partial charge in [-0.3, -0.25) is 0 Å². The standard InChI is InChI=1S/C24H30NO3.BrH/c1-3-25(2)20-14-15-21(25)17-22(16-20)28-23(26)24(27,18-10-6-4-7-11-18)19-12-8-5-9-13-19;/h4-13,20-22,27H,3,14-17H2,1-2H3;1H/q+1;/p-1. The zero-order chi connectivity index (χ0) is 19.8. The van der Waals surface area contributed by atoms with E-state index in [-0.39, 0.29) is 23.1 Å². The van der Waals surface area contributed by atoms with Gasteiger partial charge in [-0.15, -0.1) is 0 Å². The first-order valence-electron chi connectivity index (χ1n) is 10.4. The monoisotopic (exact) mass is 459 g/mol. The number of benzene rings is 2. The van der Waals surface area contributed by atoms with E-state index in [2.05, 4.69) is 14.0 Å². The maximum atomic E-state index is 13.3. The van der Waals surface area contributed by atoms with Crippen LogP contribution in [0.4, 0.5) is 0 Å². The minimum Gasteiger partial charge on any atom is -1.00 e. The third-order valence-electron chi connectivity index (χ3n) is 7.21. The number of esters is 1. The van der Waals surface area contributed by atoms with Crippen LogP contribution in [0, 0.1) is 0 Å². The number of hydrogen-bond donors (Lipinski definition) is 1. The number of aliphatic hydroxyl groups is 1. The lowest BCUT2D eigenvalue weighted by Crippen LogP contribution is -3.00. The number of hydrogen-bond acceptors (Lipinski definition) is 3. The van der Waals surface area contributed by atoms with Gasteiger partial charge < -0.3 is 31.3 Å². The van der Waals surface area contributed by atoms with E-state index in [0.717, 1.165) is 23.9 Å². The van der Waals surface area contributed by atoms with Crippen molar-refractivity contribution in [2.45, 2.75) is 56.4 Å². The Morgan fingerprint density at radius 1 is 1.00 bits per heavy atom. The molecule has 0 aromatic heterocycles. The molecule has 1 N–H and O–H groups in total. The second-order valence-electron chi connectivity index (χ2n) is 8.49. The second-order valence-corrected chi connectivity index (χ2v) is 8.49. The van der Waals surface area contributed by atoms with Gasteiger partial charge >= 0.3 is 5.97 Å². The Morgan fingerprint density at radius 3 is 1.86 bits per heavy atom. The Bertz CT molecular complexity index is 773. The predicted octanol–water partition coefficient (Wildman–Crippen LogP) is 0.630. The second kappa shape index (κ2) is 8.58. The van der Waals surface area contributed by atoms with Gasteiger partial charge in [-0.1, -0.05) is 60.7 Å². The van der Waals surface area contributed by atoms with E-state index in [1.54, 1.807) is 24.3 Å². The highest BCUT2D eigenvalue weighted by atomic mass is 79.9. The fraction of sp³-hybridized carbons (Fsp3) is 0.458. The molecule has 29 heavy (non-hydrogen) atoms. The van der Waals surface area contributed by atoms with E-state index in [1.165, 1.54) is 12.8 Å². The first-order valence-corrected chi connectivity index (χ1v) is 10.4. The molecule has 2 aliphatic rings. The Hall–Kier alpha value is -1.69. The molecule has 0 amide bonds. The van der Waals surface area contributed by atoms with Crippen molar-refractivity contribution < 1.29 is 36.1 Å². The van der Waals surface area contributed by atoms with Crippen molar-refractivity contribution in [3.8, 4) is 0 Å². The minimum absolute atomic E-state index is 0. The lowest BCUT2D eigenvalue weighted by molar-refractivity contribution is -0.947. The summed E-state index contributed by atoms with van der Waals surface area (Å²) in [6.45, 7) is 3.37. The number of ether oxygens (including phenoxy) is 1. The molecule has 0 spiro atoms. The lowest BCUT2D eigenvalue weighted by atomic mass is 9.86. The van der Waals surface area contributed by atoms with Crippen molar-refractivity contribution in [2.75, 3.05) is 13.6 Å². The molecule has 2 unspecified atom stereocenters. The smallest absolute Gasteiger partial charge is 0.347 e. The Labute approximate surface area is 183 Å². The molecular formula is C24H30BrNO3. The topological polar surface area (TPSA) is 46.5 Å². The molecule has 2 heterocycles. The number of carbonyl (C=O) groups excluding carboxylic acids is 1. The Balaban J connectivity index is 0.00000240. The molecule has 4 rings (SSSR count). The molecule has 0 radical (unpaired) electrons. The number of fused-ring (bicyclic) bond motifs is 2. The van der Waals surface area contributed by atoms with Gasteiger partial charge in [0, 0.05) is 25.7 Å². The Kier molecular flexibility index (Phi) is 6.51. The summed E-state index contributed by atoms with van der Waals surface area (Å²) in [5, 5.41) is 11.6. The predicted molar refractivity (Wildman–Crippen MR) is 109 cm³/mol. The van der Waals surface area contributed by atoms with Crippen molar-refractivity contribution in [1.82, 2.24) is 0 Å². The first-order chi connectivity index (χ1) is 13.5. The molecule has 2 aromatic carbocycles. The van der Waals surface area contributed by atoms with Gasteiger partial charge in [-0.2, -0.15) is 0 Å². The quantitative estimate of drug-likeness (QED) is 0.526.